The summed E-state index contributed by atoms with van der Waals surface area (Å²) in [5.41, 5.74) is 2.28. The maximum Gasteiger partial charge on any atom is 0.224 e. The molecule has 110 valence electrons. The molecule has 2 bridgehead atoms. The summed E-state index contributed by atoms with van der Waals surface area (Å²) in [6.07, 6.45) is 4.23. The van der Waals surface area contributed by atoms with Crippen molar-refractivity contribution in [2.75, 3.05) is 0 Å². The minimum atomic E-state index is -0.471. The van der Waals surface area contributed by atoms with E-state index in [0.717, 1.165) is 17.4 Å². The average molecular weight is 283 g/mol. The third-order valence-electron chi connectivity index (χ3n) is 6.54. The smallest absolute Gasteiger partial charge is 0.224 e. The van der Waals surface area contributed by atoms with Crippen LogP contribution < -0.4 is 5.32 Å². The van der Waals surface area contributed by atoms with Crippen molar-refractivity contribution in [2.24, 2.45) is 29.6 Å². The molecule has 4 unspecified atom stereocenters. The third kappa shape index (κ3) is 1.61. The van der Waals surface area contributed by atoms with Gasteiger partial charge >= 0.3 is 0 Å². The molecule has 4 aliphatic carbocycles. The number of rotatable bonds is 2. The second kappa shape index (κ2) is 4.10. The van der Waals surface area contributed by atoms with Gasteiger partial charge in [0.05, 0.1) is 12.1 Å². The highest BCUT2D eigenvalue weighted by Gasteiger charge is 2.67. The molecule has 3 nitrogen and oxygen atoms in total. The minimum absolute atomic E-state index is 0.197. The summed E-state index contributed by atoms with van der Waals surface area (Å²) in [6, 6.07) is 7.87. The Bertz CT molecular complexity index is 597. The molecule has 0 saturated heterocycles. The quantitative estimate of drug-likeness (QED) is 0.873. The summed E-state index contributed by atoms with van der Waals surface area (Å²) in [5, 5.41) is 13.4. The lowest BCUT2D eigenvalue weighted by Crippen LogP contribution is -2.36. The monoisotopic (exact) mass is 283 g/mol. The second-order valence-electron chi connectivity index (χ2n) is 7.47. The van der Waals surface area contributed by atoms with Crippen LogP contribution in [0, 0.1) is 29.6 Å². The Morgan fingerprint density at radius 3 is 2.62 bits per heavy atom. The molecule has 0 aliphatic heterocycles. The summed E-state index contributed by atoms with van der Waals surface area (Å²) < 4.78 is 0. The Morgan fingerprint density at radius 2 is 1.86 bits per heavy atom. The van der Waals surface area contributed by atoms with Crippen LogP contribution in [-0.4, -0.2) is 17.1 Å². The van der Waals surface area contributed by atoms with Crippen LogP contribution in [0.5, 0.6) is 0 Å². The zero-order valence-electron chi connectivity index (χ0n) is 12.0. The fourth-order valence-electron chi connectivity index (χ4n) is 5.67. The van der Waals surface area contributed by atoms with Crippen molar-refractivity contribution < 1.29 is 9.90 Å². The molecule has 0 aromatic heterocycles. The summed E-state index contributed by atoms with van der Waals surface area (Å²) in [5.74, 6) is 3.40. The number of amides is 1. The first-order chi connectivity index (χ1) is 10.2. The van der Waals surface area contributed by atoms with E-state index in [4.69, 9.17) is 0 Å². The van der Waals surface area contributed by atoms with Gasteiger partial charge < -0.3 is 10.4 Å². The van der Waals surface area contributed by atoms with E-state index < -0.39 is 6.10 Å². The van der Waals surface area contributed by atoms with Crippen LogP contribution in [0.1, 0.15) is 36.4 Å². The number of carbonyl (C=O) groups is 1. The molecule has 2 N–H and O–H groups in total. The van der Waals surface area contributed by atoms with Crippen LogP contribution in [0.15, 0.2) is 24.3 Å². The van der Waals surface area contributed by atoms with E-state index in [2.05, 4.69) is 11.4 Å². The van der Waals surface area contributed by atoms with E-state index >= 15 is 0 Å². The first kappa shape index (κ1) is 12.2. The number of nitrogens with one attached hydrogen (secondary N) is 1. The molecular formula is C18H21NO2. The highest BCUT2D eigenvalue weighted by atomic mass is 16.3. The lowest BCUT2D eigenvalue weighted by atomic mass is 10.0. The molecular weight excluding hydrogens is 262 g/mol. The average Bonchev–Trinajstić information content (AvgIpc) is 2.77. The standard InChI is InChI=1S/C18H21NO2/c20-13-8-9-3-1-2-4-12(9)17(13)19-18(21)16-14-10-5-6-11(7-10)15(14)16/h1-4,10-11,13-17,20H,5-8H2,(H,19,21)/t10?,11?,13-,14?,15?,16?,17+/m1/s1. The zero-order chi connectivity index (χ0) is 14.1. The number of aliphatic hydroxyl groups is 1. The van der Waals surface area contributed by atoms with Crippen molar-refractivity contribution in [1.29, 1.82) is 0 Å². The zero-order valence-corrected chi connectivity index (χ0v) is 12.0. The number of carbonyl (C=O) groups excluding carboxylic acids is 1. The maximum atomic E-state index is 12.6. The van der Waals surface area contributed by atoms with Crippen LogP contribution in [0.2, 0.25) is 0 Å². The number of benzene rings is 1. The third-order valence-corrected chi connectivity index (χ3v) is 6.54. The SMILES string of the molecule is O=C(N[C@H]1c2ccccc2C[C@H]1O)C1C2C3CCC(C3)C12. The molecule has 4 aliphatic rings. The van der Waals surface area contributed by atoms with Crippen molar-refractivity contribution in [3.63, 3.8) is 0 Å². The molecule has 1 aromatic rings. The van der Waals surface area contributed by atoms with E-state index in [9.17, 15) is 9.90 Å². The number of hydrogen-bond donors (Lipinski definition) is 2. The summed E-state index contributed by atoms with van der Waals surface area (Å²) in [6.45, 7) is 0. The maximum absolute atomic E-state index is 12.6. The Kier molecular flexibility index (Phi) is 2.38. The van der Waals surface area contributed by atoms with Crippen LogP contribution in [0.4, 0.5) is 0 Å². The predicted octanol–water partition coefficient (Wildman–Crippen LogP) is 2.05. The Hall–Kier alpha value is -1.35. The van der Waals surface area contributed by atoms with Gasteiger partial charge in [-0.3, -0.25) is 4.79 Å². The van der Waals surface area contributed by atoms with Crippen LogP contribution in [0.3, 0.4) is 0 Å². The van der Waals surface area contributed by atoms with E-state index in [0.29, 0.717) is 18.3 Å². The molecule has 3 fully saturated rings. The van der Waals surface area contributed by atoms with E-state index in [1.54, 1.807) is 0 Å². The summed E-state index contributed by atoms with van der Waals surface area (Å²) >= 11 is 0. The molecule has 3 saturated carbocycles. The number of hydrogen-bond acceptors (Lipinski definition) is 2. The van der Waals surface area contributed by atoms with Gasteiger partial charge in [0.15, 0.2) is 0 Å². The van der Waals surface area contributed by atoms with Crippen molar-refractivity contribution in [3.05, 3.63) is 35.4 Å². The van der Waals surface area contributed by atoms with Gasteiger partial charge in [-0.15, -0.1) is 0 Å². The van der Waals surface area contributed by atoms with Gasteiger partial charge in [-0.1, -0.05) is 24.3 Å². The molecule has 0 radical (unpaired) electrons. The van der Waals surface area contributed by atoms with Gasteiger partial charge in [-0.25, -0.2) is 0 Å². The van der Waals surface area contributed by atoms with Crippen LogP contribution in [0.25, 0.3) is 0 Å². The second-order valence-corrected chi connectivity index (χ2v) is 7.47. The molecule has 3 heteroatoms. The van der Waals surface area contributed by atoms with Gasteiger partial charge in [0.25, 0.3) is 0 Å². The first-order valence-corrected chi connectivity index (χ1v) is 8.30. The van der Waals surface area contributed by atoms with E-state index in [1.807, 2.05) is 18.2 Å². The molecule has 0 spiro atoms. The van der Waals surface area contributed by atoms with E-state index in [-0.39, 0.29) is 17.9 Å². The molecule has 0 heterocycles. The topological polar surface area (TPSA) is 49.3 Å². The summed E-state index contributed by atoms with van der Waals surface area (Å²) in [7, 11) is 0. The van der Waals surface area contributed by atoms with Crippen molar-refractivity contribution in [2.45, 2.75) is 37.8 Å². The normalized spacial score (nSPS) is 45.3. The summed E-state index contributed by atoms with van der Waals surface area (Å²) in [4.78, 5) is 12.6. The Labute approximate surface area is 124 Å². The van der Waals surface area contributed by atoms with Crippen LogP contribution in [-0.2, 0) is 11.2 Å². The Balaban J connectivity index is 1.34. The molecule has 6 atom stereocenters. The van der Waals surface area contributed by atoms with Crippen molar-refractivity contribution >= 4 is 5.91 Å². The van der Waals surface area contributed by atoms with Gasteiger partial charge in [0.2, 0.25) is 5.91 Å². The van der Waals surface area contributed by atoms with Gasteiger partial charge in [-0.2, -0.15) is 0 Å². The fourth-order valence-corrected chi connectivity index (χ4v) is 5.67. The first-order valence-electron chi connectivity index (χ1n) is 8.30. The van der Waals surface area contributed by atoms with Gasteiger partial charge in [-0.05, 0) is 54.1 Å². The highest BCUT2D eigenvalue weighted by molar-refractivity contribution is 5.83. The predicted molar refractivity (Wildman–Crippen MR) is 78.3 cm³/mol. The number of fused-ring (bicyclic) bond motifs is 6. The van der Waals surface area contributed by atoms with Gasteiger partial charge in [0.1, 0.15) is 0 Å². The van der Waals surface area contributed by atoms with Crippen molar-refractivity contribution in [3.8, 4) is 0 Å². The lowest BCUT2D eigenvalue weighted by Gasteiger charge is -2.19. The van der Waals surface area contributed by atoms with Gasteiger partial charge in [0, 0.05) is 12.3 Å². The van der Waals surface area contributed by atoms with Crippen molar-refractivity contribution in [1.82, 2.24) is 5.32 Å². The number of aliphatic hydroxyl groups excluding tert-OH is 1. The molecule has 1 aromatic carbocycles. The lowest BCUT2D eigenvalue weighted by molar-refractivity contribution is -0.124. The minimum Gasteiger partial charge on any atom is -0.390 e. The Morgan fingerprint density at radius 1 is 1.14 bits per heavy atom. The molecule has 21 heavy (non-hydrogen) atoms. The van der Waals surface area contributed by atoms with E-state index in [1.165, 1.54) is 24.8 Å². The molecule has 1 amide bonds. The highest BCUT2D eigenvalue weighted by Crippen LogP contribution is 2.69. The van der Waals surface area contributed by atoms with Crippen LogP contribution >= 0.6 is 0 Å². The fraction of sp³-hybridized carbons (Fsp3) is 0.611. The largest absolute Gasteiger partial charge is 0.390 e. The molecule has 5 rings (SSSR count).